The Bertz CT molecular complexity index is 684. The highest BCUT2D eigenvalue weighted by molar-refractivity contribution is 5.50. The van der Waals surface area contributed by atoms with E-state index >= 15 is 0 Å². The third-order valence-electron chi connectivity index (χ3n) is 3.41. The Kier molecular flexibility index (Phi) is 6.59. The summed E-state index contributed by atoms with van der Waals surface area (Å²) in [6.45, 7) is -0.761. The standard InChI is InChI=1S/C19H21FN2O2/c1-22(2)18-8-5-15(6-9-18)3-4-16-7-10-19(21-12-16)24-14-17(11-20)13-23/h5-10,12,17,23H,11,13-14H2,1-2H3/i20-1. The number of aliphatic hydroxyl groups excluding tert-OH is 1. The molecule has 126 valence electrons. The van der Waals surface area contributed by atoms with E-state index in [4.69, 9.17) is 9.84 Å². The zero-order chi connectivity index (χ0) is 17.4. The summed E-state index contributed by atoms with van der Waals surface area (Å²) in [6, 6.07) is 11.5. The van der Waals surface area contributed by atoms with Crippen molar-refractivity contribution >= 4 is 5.69 Å². The summed E-state index contributed by atoms with van der Waals surface area (Å²) in [6.07, 6.45) is 1.61. The molecule has 2 aromatic rings. The SMILES string of the molecule is CN(C)c1ccc(C#Cc2ccc(OCC(CO)C[18F])nc2)cc1. The van der Waals surface area contributed by atoms with Crippen LogP contribution in [0.5, 0.6) is 5.88 Å². The number of rotatable bonds is 6. The second-order valence-electron chi connectivity index (χ2n) is 5.59. The molecule has 0 amide bonds. The fourth-order valence-corrected chi connectivity index (χ4v) is 1.88. The van der Waals surface area contributed by atoms with Crippen LogP contribution in [0.1, 0.15) is 11.1 Å². The van der Waals surface area contributed by atoms with Crippen molar-refractivity contribution in [1.82, 2.24) is 4.98 Å². The largest absolute Gasteiger partial charge is 0.477 e. The van der Waals surface area contributed by atoms with Crippen molar-refractivity contribution < 1.29 is 14.2 Å². The number of nitrogens with zero attached hydrogens (tertiary/aromatic N) is 2. The molecule has 4 nitrogen and oxygen atoms in total. The topological polar surface area (TPSA) is 45.6 Å². The van der Waals surface area contributed by atoms with Gasteiger partial charge in [-0.25, -0.2) is 4.98 Å². The minimum Gasteiger partial charge on any atom is -0.477 e. The number of hydrogen-bond donors (Lipinski definition) is 1. The van der Waals surface area contributed by atoms with Crippen molar-refractivity contribution in [3.63, 3.8) is 0 Å². The molecule has 1 aromatic heterocycles. The summed E-state index contributed by atoms with van der Waals surface area (Å²) >= 11 is 0. The summed E-state index contributed by atoms with van der Waals surface area (Å²) in [5.74, 6) is 6.00. The highest BCUT2D eigenvalue weighted by Gasteiger charge is 2.08. The molecule has 0 radical (unpaired) electrons. The molecule has 0 saturated heterocycles. The van der Waals surface area contributed by atoms with Crippen LogP contribution in [-0.2, 0) is 0 Å². The summed E-state index contributed by atoms with van der Waals surface area (Å²) < 4.78 is 17.8. The summed E-state index contributed by atoms with van der Waals surface area (Å²) in [5, 5.41) is 8.91. The molecule has 0 aliphatic heterocycles. The van der Waals surface area contributed by atoms with Gasteiger partial charge in [-0.3, -0.25) is 4.39 Å². The van der Waals surface area contributed by atoms with E-state index in [0.717, 1.165) is 16.8 Å². The number of aliphatic hydroxyl groups is 1. The van der Waals surface area contributed by atoms with Crippen LogP contribution in [0.25, 0.3) is 0 Å². The van der Waals surface area contributed by atoms with Crippen molar-refractivity contribution in [1.29, 1.82) is 0 Å². The van der Waals surface area contributed by atoms with Crippen LogP contribution in [0.2, 0.25) is 0 Å². The normalized spacial score (nSPS) is 11.3. The number of benzene rings is 1. The third kappa shape index (κ3) is 5.25. The van der Waals surface area contributed by atoms with Gasteiger partial charge in [0.1, 0.15) is 0 Å². The molecular weight excluding hydrogens is 306 g/mol. The predicted octanol–water partition coefficient (Wildman–Crippen LogP) is 2.50. The van der Waals surface area contributed by atoms with E-state index in [1.165, 1.54) is 0 Å². The minimum absolute atomic E-state index is 0.100. The number of halogens is 1. The number of aromatic nitrogens is 1. The molecule has 0 fully saturated rings. The van der Waals surface area contributed by atoms with Gasteiger partial charge in [0.2, 0.25) is 5.88 Å². The Morgan fingerprint density at radius 2 is 1.79 bits per heavy atom. The van der Waals surface area contributed by atoms with E-state index < -0.39 is 12.6 Å². The number of ether oxygens (including phenoxy) is 1. The lowest BCUT2D eigenvalue weighted by Crippen LogP contribution is -2.18. The molecule has 1 atom stereocenters. The van der Waals surface area contributed by atoms with E-state index in [-0.39, 0.29) is 13.2 Å². The van der Waals surface area contributed by atoms with Gasteiger partial charge >= 0.3 is 0 Å². The van der Waals surface area contributed by atoms with E-state index in [2.05, 4.69) is 16.8 Å². The molecule has 24 heavy (non-hydrogen) atoms. The lowest BCUT2D eigenvalue weighted by molar-refractivity contribution is 0.137. The number of pyridine rings is 1. The quantitative estimate of drug-likeness (QED) is 0.828. The maximum Gasteiger partial charge on any atom is 0.213 e. The smallest absolute Gasteiger partial charge is 0.213 e. The predicted molar refractivity (Wildman–Crippen MR) is 93.0 cm³/mol. The van der Waals surface area contributed by atoms with Crippen LogP contribution in [-0.4, -0.2) is 44.1 Å². The van der Waals surface area contributed by atoms with Crippen LogP contribution in [0.4, 0.5) is 10.1 Å². The molecular formula is C19H21FN2O2. The maximum atomic E-state index is 12.5. The van der Waals surface area contributed by atoms with Gasteiger partial charge in [0.05, 0.1) is 19.9 Å². The Morgan fingerprint density at radius 1 is 1.12 bits per heavy atom. The van der Waals surface area contributed by atoms with Crippen LogP contribution in [0.15, 0.2) is 42.6 Å². The van der Waals surface area contributed by atoms with Gasteiger partial charge in [-0.2, -0.15) is 0 Å². The fraction of sp³-hybridized carbons (Fsp3) is 0.316. The van der Waals surface area contributed by atoms with E-state index in [1.807, 2.05) is 43.3 Å². The van der Waals surface area contributed by atoms with Crippen LogP contribution in [0, 0.1) is 17.8 Å². The zero-order valence-corrected chi connectivity index (χ0v) is 13.9. The molecule has 1 N–H and O–H groups in total. The third-order valence-corrected chi connectivity index (χ3v) is 3.41. The lowest BCUT2D eigenvalue weighted by Gasteiger charge is -2.11. The van der Waals surface area contributed by atoms with Gasteiger partial charge in [-0.1, -0.05) is 11.8 Å². The van der Waals surface area contributed by atoms with Gasteiger partial charge in [-0.15, -0.1) is 0 Å². The summed E-state index contributed by atoms with van der Waals surface area (Å²) in [5.41, 5.74) is 2.82. The van der Waals surface area contributed by atoms with Crippen LogP contribution < -0.4 is 9.64 Å². The van der Waals surface area contributed by atoms with E-state index in [9.17, 15) is 4.39 Å². The maximum absolute atomic E-state index is 12.5. The molecule has 1 heterocycles. The number of hydrogen-bond acceptors (Lipinski definition) is 4. The van der Waals surface area contributed by atoms with Gasteiger partial charge < -0.3 is 14.7 Å². The second kappa shape index (κ2) is 8.90. The molecule has 0 aliphatic rings. The lowest BCUT2D eigenvalue weighted by atomic mass is 10.2. The Morgan fingerprint density at radius 3 is 2.33 bits per heavy atom. The van der Waals surface area contributed by atoms with Crippen molar-refractivity contribution in [3.05, 3.63) is 53.7 Å². The molecule has 0 aliphatic carbocycles. The Hall–Kier alpha value is -2.58. The first-order chi connectivity index (χ1) is 11.6. The zero-order valence-electron chi connectivity index (χ0n) is 13.9. The van der Waals surface area contributed by atoms with Crippen molar-refractivity contribution in [2.24, 2.45) is 5.92 Å². The number of anilines is 1. The average molecular weight is 327 g/mol. The number of alkyl halides is 1. The average Bonchev–Trinajstić information content (AvgIpc) is 2.62. The molecule has 1 aromatic carbocycles. The monoisotopic (exact) mass is 327 g/mol. The van der Waals surface area contributed by atoms with Gasteiger partial charge in [0, 0.05) is 49.1 Å². The fourth-order valence-electron chi connectivity index (χ4n) is 1.88. The molecule has 2 rings (SSSR count). The summed E-state index contributed by atoms with van der Waals surface area (Å²) in [7, 11) is 3.98. The van der Waals surface area contributed by atoms with E-state index in [0.29, 0.717) is 5.88 Å². The minimum atomic E-state index is -0.618. The molecule has 0 saturated carbocycles. The van der Waals surface area contributed by atoms with Crippen LogP contribution in [0.3, 0.4) is 0 Å². The molecule has 5 heteroatoms. The van der Waals surface area contributed by atoms with Crippen LogP contribution >= 0.6 is 0 Å². The Balaban J connectivity index is 1.96. The van der Waals surface area contributed by atoms with Crippen molar-refractivity contribution in [2.45, 2.75) is 0 Å². The first kappa shape index (κ1) is 17.8. The molecule has 1 unspecified atom stereocenters. The van der Waals surface area contributed by atoms with E-state index in [1.54, 1.807) is 18.3 Å². The van der Waals surface area contributed by atoms with Gasteiger partial charge in [0.25, 0.3) is 0 Å². The second-order valence-corrected chi connectivity index (χ2v) is 5.59. The van der Waals surface area contributed by atoms with Gasteiger partial charge in [-0.05, 0) is 30.3 Å². The molecule has 0 spiro atoms. The first-order valence-corrected chi connectivity index (χ1v) is 7.67. The summed E-state index contributed by atoms with van der Waals surface area (Å²) in [4.78, 5) is 6.17. The van der Waals surface area contributed by atoms with Crippen molar-refractivity contribution in [3.8, 4) is 17.7 Å². The molecule has 0 bridgehead atoms. The highest BCUT2D eigenvalue weighted by atomic mass is 18.2. The Labute approximate surface area is 141 Å². The van der Waals surface area contributed by atoms with Gasteiger partial charge in [0.15, 0.2) is 0 Å². The highest BCUT2D eigenvalue weighted by Crippen LogP contribution is 2.12. The first-order valence-electron chi connectivity index (χ1n) is 7.67. The van der Waals surface area contributed by atoms with Crippen molar-refractivity contribution in [2.75, 3.05) is 38.9 Å².